The van der Waals surface area contributed by atoms with Gasteiger partial charge in [0, 0.05) is 25.6 Å². The lowest BCUT2D eigenvalue weighted by atomic mass is 10.0. The van der Waals surface area contributed by atoms with Gasteiger partial charge in [-0.2, -0.15) is 13.2 Å². The number of anilines is 1. The van der Waals surface area contributed by atoms with Gasteiger partial charge >= 0.3 is 12.2 Å². The van der Waals surface area contributed by atoms with Gasteiger partial charge < -0.3 is 10.2 Å². The van der Waals surface area contributed by atoms with Crippen molar-refractivity contribution in [3.63, 3.8) is 0 Å². The molecule has 0 aromatic heterocycles. The van der Waals surface area contributed by atoms with Crippen molar-refractivity contribution in [3.05, 3.63) is 36.2 Å². The highest BCUT2D eigenvalue weighted by Gasteiger charge is 2.32. The third kappa shape index (κ3) is 2.92. The summed E-state index contributed by atoms with van der Waals surface area (Å²) in [6.07, 6.45) is -3.70. The van der Waals surface area contributed by atoms with Crippen molar-refractivity contribution in [1.29, 1.82) is 0 Å². The molecule has 1 fully saturated rings. The highest BCUT2D eigenvalue weighted by Crippen LogP contribution is 2.32. The fourth-order valence-electron chi connectivity index (χ4n) is 1.75. The number of urea groups is 1. The monoisotopic (exact) mass is 284 g/mol. The van der Waals surface area contributed by atoms with Crippen LogP contribution in [0.2, 0.25) is 0 Å². The number of amides is 2. The van der Waals surface area contributed by atoms with E-state index in [0.717, 1.165) is 18.6 Å². The van der Waals surface area contributed by atoms with Crippen LogP contribution in [0.5, 0.6) is 0 Å². The van der Waals surface area contributed by atoms with Crippen molar-refractivity contribution in [2.75, 3.05) is 18.4 Å². The van der Waals surface area contributed by atoms with E-state index in [2.05, 4.69) is 5.32 Å². The van der Waals surface area contributed by atoms with Gasteiger partial charge in [-0.05, 0) is 24.6 Å². The highest BCUT2D eigenvalue weighted by molar-refractivity contribution is 6.06. The van der Waals surface area contributed by atoms with E-state index in [4.69, 9.17) is 6.92 Å². The minimum atomic E-state index is -4.58. The minimum Gasteiger partial charge on any atom is -0.324 e. The Kier molecular flexibility index (Phi) is 3.69. The first kappa shape index (κ1) is 14.4. The summed E-state index contributed by atoms with van der Waals surface area (Å²) in [7, 11) is 0. The Morgan fingerprint density at radius 1 is 1.25 bits per heavy atom. The average Bonchev–Trinajstić information content (AvgIpc) is 2.24. The van der Waals surface area contributed by atoms with E-state index in [1.807, 2.05) is 0 Å². The molecule has 7 heteroatoms. The van der Waals surface area contributed by atoms with Crippen LogP contribution in [0, 0.1) is 6.92 Å². The number of nitrogens with zero attached hydrogens (tertiary/aromatic N) is 1. The molecule has 1 N–H and O–H groups in total. The molecular formula is C13H11F3N2O2. The van der Waals surface area contributed by atoms with Gasteiger partial charge in [-0.15, -0.1) is 0 Å². The molecule has 0 bridgehead atoms. The lowest BCUT2D eigenvalue weighted by molar-refractivity contribution is -0.137. The zero-order valence-corrected chi connectivity index (χ0v) is 10.3. The zero-order valence-electron chi connectivity index (χ0n) is 10.3. The van der Waals surface area contributed by atoms with E-state index in [1.165, 1.54) is 4.90 Å². The third-order valence-electron chi connectivity index (χ3n) is 3.00. The van der Waals surface area contributed by atoms with Gasteiger partial charge in [-0.25, -0.2) is 4.79 Å². The molecule has 1 aliphatic heterocycles. The maximum Gasteiger partial charge on any atom is 0.416 e. The highest BCUT2D eigenvalue weighted by atomic mass is 19.4. The standard InChI is InChI=1S/C13H11F3N2O2/c1-8(19)10-7-9(13(14,15)16)3-4-11(10)17-12(20)18-5-2-6-18/h1,3-4,7H,2,5-6H2,(H,17,20). The predicted molar refractivity (Wildman–Crippen MR) is 65.3 cm³/mol. The average molecular weight is 284 g/mol. The van der Waals surface area contributed by atoms with Gasteiger partial charge in [-0.1, -0.05) is 0 Å². The van der Waals surface area contributed by atoms with Crippen molar-refractivity contribution in [1.82, 2.24) is 4.90 Å². The molecular weight excluding hydrogens is 273 g/mol. The van der Waals surface area contributed by atoms with Gasteiger partial charge in [0.15, 0.2) is 5.78 Å². The number of alkyl halides is 3. The topological polar surface area (TPSA) is 49.4 Å². The van der Waals surface area contributed by atoms with Crippen LogP contribution >= 0.6 is 0 Å². The number of carbonyl (C=O) groups is 2. The Morgan fingerprint density at radius 2 is 1.90 bits per heavy atom. The Morgan fingerprint density at radius 3 is 2.35 bits per heavy atom. The van der Waals surface area contributed by atoms with Crippen LogP contribution in [0.1, 0.15) is 22.3 Å². The maximum absolute atomic E-state index is 12.6. The quantitative estimate of drug-likeness (QED) is 0.849. The Hall–Kier alpha value is -2.05. The summed E-state index contributed by atoms with van der Waals surface area (Å²) in [5.41, 5.74) is -1.38. The second kappa shape index (κ2) is 5.15. The van der Waals surface area contributed by atoms with Gasteiger partial charge in [0.25, 0.3) is 0 Å². The van der Waals surface area contributed by atoms with Crippen LogP contribution < -0.4 is 5.32 Å². The van der Waals surface area contributed by atoms with E-state index in [1.54, 1.807) is 0 Å². The largest absolute Gasteiger partial charge is 0.416 e. The van der Waals surface area contributed by atoms with Crippen LogP contribution in [-0.4, -0.2) is 29.8 Å². The SMILES string of the molecule is [CH]C(=O)c1cc(C(F)(F)F)ccc1NC(=O)N1CCC1. The maximum atomic E-state index is 12.6. The summed E-state index contributed by atoms with van der Waals surface area (Å²) < 4.78 is 37.7. The molecule has 1 saturated heterocycles. The molecule has 1 aromatic carbocycles. The van der Waals surface area contributed by atoms with Gasteiger partial charge in [-0.3, -0.25) is 4.79 Å². The fourth-order valence-corrected chi connectivity index (χ4v) is 1.75. The first-order valence-electron chi connectivity index (χ1n) is 5.86. The predicted octanol–water partition coefficient (Wildman–Crippen LogP) is 2.84. The number of benzene rings is 1. The van der Waals surface area contributed by atoms with Crippen LogP contribution in [0.15, 0.2) is 18.2 Å². The van der Waals surface area contributed by atoms with Gasteiger partial charge in [0.05, 0.1) is 11.3 Å². The zero-order chi connectivity index (χ0) is 14.9. The smallest absolute Gasteiger partial charge is 0.324 e. The number of nitrogens with one attached hydrogen (secondary N) is 1. The first-order chi connectivity index (χ1) is 9.29. The van der Waals surface area contributed by atoms with E-state index in [9.17, 15) is 22.8 Å². The number of ketones is 1. The van der Waals surface area contributed by atoms with Crippen molar-refractivity contribution in [3.8, 4) is 0 Å². The number of Topliss-reactive ketones (excluding diaryl/α,β-unsaturated/α-hetero) is 1. The molecule has 0 aliphatic carbocycles. The summed E-state index contributed by atoms with van der Waals surface area (Å²) in [6.45, 7) is 6.22. The van der Waals surface area contributed by atoms with Crippen molar-refractivity contribution in [2.24, 2.45) is 0 Å². The van der Waals surface area contributed by atoms with Crippen LogP contribution in [0.3, 0.4) is 0 Å². The lowest BCUT2D eigenvalue weighted by Gasteiger charge is -2.31. The molecule has 2 amide bonds. The molecule has 2 radical (unpaired) electrons. The number of carbonyl (C=O) groups excluding carboxylic acids is 2. The molecule has 4 nitrogen and oxygen atoms in total. The molecule has 0 unspecified atom stereocenters. The van der Waals surface area contributed by atoms with Gasteiger partial charge in [0.1, 0.15) is 0 Å². The third-order valence-corrected chi connectivity index (χ3v) is 3.00. The van der Waals surface area contributed by atoms with E-state index >= 15 is 0 Å². The number of hydrogen-bond acceptors (Lipinski definition) is 2. The van der Waals surface area contributed by atoms with E-state index in [0.29, 0.717) is 19.2 Å². The first-order valence-corrected chi connectivity index (χ1v) is 5.86. The Balaban J connectivity index is 2.28. The van der Waals surface area contributed by atoms with E-state index < -0.39 is 23.6 Å². The summed E-state index contributed by atoms with van der Waals surface area (Å²) in [5, 5.41) is 2.39. The van der Waals surface area contributed by atoms with E-state index in [-0.39, 0.29) is 11.3 Å². The van der Waals surface area contributed by atoms with Crippen LogP contribution in [0.4, 0.5) is 23.7 Å². The molecule has 1 aliphatic rings. The minimum absolute atomic E-state index is 0.0256. The van der Waals surface area contributed by atoms with Crippen LogP contribution in [-0.2, 0) is 6.18 Å². The molecule has 0 saturated carbocycles. The van der Waals surface area contributed by atoms with Crippen molar-refractivity contribution < 1.29 is 22.8 Å². The molecule has 0 spiro atoms. The molecule has 2 rings (SSSR count). The fraction of sp³-hybridized carbons (Fsp3) is 0.308. The molecule has 20 heavy (non-hydrogen) atoms. The second-order valence-electron chi connectivity index (χ2n) is 4.39. The normalized spacial score (nSPS) is 14.7. The number of hydrogen-bond donors (Lipinski definition) is 1. The number of likely N-dealkylation sites (tertiary alicyclic amines) is 1. The summed E-state index contributed by atoms with van der Waals surface area (Å²) >= 11 is 0. The van der Waals surface area contributed by atoms with Crippen molar-refractivity contribution in [2.45, 2.75) is 12.6 Å². The van der Waals surface area contributed by atoms with Crippen molar-refractivity contribution >= 4 is 17.5 Å². The summed E-state index contributed by atoms with van der Waals surface area (Å²) in [6, 6.07) is 1.99. The Bertz CT molecular complexity index is 551. The van der Waals surface area contributed by atoms with Crippen LogP contribution in [0.25, 0.3) is 0 Å². The molecule has 106 valence electrons. The molecule has 0 atom stereocenters. The number of rotatable bonds is 2. The summed E-state index contributed by atoms with van der Waals surface area (Å²) in [5.74, 6) is -1.03. The number of halogens is 3. The second-order valence-corrected chi connectivity index (χ2v) is 4.39. The molecule has 1 heterocycles. The lowest BCUT2D eigenvalue weighted by Crippen LogP contribution is -2.44. The van der Waals surface area contributed by atoms with Gasteiger partial charge in [0.2, 0.25) is 0 Å². The molecule has 1 aromatic rings. The summed E-state index contributed by atoms with van der Waals surface area (Å²) in [4.78, 5) is 24.4. The Labute approximate surface area is 113 Å².